The number of amides is 2. The Hall–Kier alpha value is -4.14. The van der Waals surface area contributed by atoms with E-state index in [9.17, 15) is 9.59 Å². The minimum Gasteiger partial charge on any atom is -0.486 e. The van der Waals surface area contributed by atoms with Gasteiger partial charge in [0.05, 0.1) is 0 Å². The Morgan fingerprint density at radius 1 is 1.27 bits per heavy atom. The Morgan fingerprint density at radius 3 is 2.82 bits per heavy atom. The summed E-state index contributed by atoms with van der Waals surface area (Å²) in [6.45, 7) is 1.18. The van der Waals surface area contributed by atoms with E-state index < -0.39 is 0 Å². The molecule has 2 aromatic rings. The lowest BCUT2D eigenvalue weighted by atomic mass is 9.99. The summed E-state index contributed by atoms with van der Waals surface area (Å²) in [6.07, 6.45) is 8.90. The first-order chi connectivity index (χ1) is 16.0. The van der Waals surface area contributed by atoms with Crippen LogP contribution in [-0.2, 0) is 16.0 Å². The van der Waals surface area contributed by atoms with Crippen LogP contribution in [0.2, 0.25) is 0 Å². The van der Waals surface area contributed by atoms with Gasteiger partial charge in [-0.05, 0) is 59.4 Å². The number of nitrogens with one attached hydrogen (secondary N) is 1. The number of aryl methyl sites for hydroxylation is 1. The van der Waals surface area contributed by atoms with E-state index in [1.807, 2.05) is 30.3 Å². The Morgan fingerprint density at radius 2 is 2.09 bits per heavy atom. The van der Waals surface area contributed by atoms with Crippen LogP contribution in [0.15, 0.2) is 53.8 Å². The van der Waals surface area contributed by atoms with E-state index in [0.29, 0.717) is 37.5 Å². The smallest absolute Gasteiger partial charge is 0.246 e. The van der Waals surface area contributed by atoms with E-state index in [1.54, 1.807) is 23.2 Å². The number of aromatic nitrogens is 1. The van der Waals surface area contributed by atoms with Gasteiger partial charge in [-0.3, -0.25) is 9.59 Å². The maximum absolute atomic E-state index is 12.6. The molecule has 4 N–H and O–H groups in total. The molecule has 0 atom stereocenters. The lowest BCUT2D eigenvalue weighted by molar-refractivity contribution is -0.125. The van der Waals surface area contributed by atoms with Gasteiger partial charge in [-0.15, -0.1) is 0 Å². The second-order valence-corrected chi connectivity index (χ2v) is 7.83. The highest BCUT2D eigenvalue weighted by atomic mass is 16.5. The number of oxime groups is 1. The van der Waals surface area contributed by atoms with Gasteiger partial charge < -0.3 is 25.9 Å². The van der Waals surface area contributed by atoms with Crippen molar-refractivity contribution in [1.29, 1.82) is 0 Å². The molecule has 0 saturated carbocycles. The van der Waals surface area contributed by atoms with Crippen molar-refractivity contribution in [3.63, 3.8) is 0 Å². The van der Waals surface area contributed by atoms with Crippen molar-refractivity contribution in [2.24, 2.45) is 10.9 Å². The number of hydrogen-bond acceptors (Lipinski definition) is 6. The van der Waals surface area contributed by atoms with Crippen molar-refractivity contribution in [3.05, 3.63) is 65.4 Å². The van der Waals surface area contributed by atoms with Crippen LogP contribution >= 0.6 is 0 Å². The third-order valence-electron chi connectivity index (χ3n) is 5.55. The minimum atomic E-state index is -0.0526. The summed E-state index contributed by atoms with van der Waals surface area (Å²) in [6, 6.07) is 9.53. The summed E-state index contributed by atoms with van der Waals surface area (Å²) in [7, 11) is 0. The Kier molecular flexibility index (Phi) is 6.68. The predicted molar refractivity (Wildman–Crippen MR) is 125 cm³/mol. The van der Waals surface area contributed by atoms with Crippen molar-refractivity contribution in [3.8, 4) is 5.75 Å². The number of nitrogens with zero attached hydrogens (tertiary/aromatic N) is 3. The van der Waals surface area contributed by atoms with Crippen LogP contribution in [0.3, 0.4) is 0 Å². The SMILES string of the molecule is N/C(COc1ccc(C2=CCN(C(=O)/C=C/c3cnc4c(c3)CCC(=O)N4)CC2)cc1)=N\O. The molecular weight excluding hydrogens is 422 g/mol. The maximum Gasteiger partial charge on any atom is 0.246 e. The summed E-state index contributed by atoms with van der Waals surface area (Å²) in [5.41, 5.74) is 9.46. The van der Waals surface area contributed by atoms with Crippen molar-refractivity contribution < 1.29 is 19.5 Å². The number of nitrogens with two attached hydrogens (primary N) is 1. The Balaban J connectivity index is 1.33. The predicted octanol–water partition coefficient (Wildman–Crippen LogP) is 2.42. The molecule has 9 heteroatoms. The summed E-state index contributed by atoms with van der Waals surface area (Å²) < 4.78 is 5.43. The molecule has 170 valence electrons. The van der Waals surface area contributed by atoms with Crippen LogP contribution in [0.1, 0.15) is 29.5 Å². The number of carbonyl (C=O) groups excluding carboxylic acids is 2. The maximum atomic E-state index is 12.6. The van der Waals surface area contributed by atoms with E-state index >= 15 is 0 Å². The molecule has 1 aromatic carbocycles. The molecule has 0 unspecified atom stereocenters. The molecule has 0 fully saturated rings. The van der Waals surface area contributed by atoms with Crippen LogP contribution in [0.4, 0.5) is 5.82 Å². The number of ether oxygens (including phenoxy) is 1. The van der Waals surface area contributed by atoms with Crippen molar-refractivity contribution >= 4 is 35.1 Å². The van der Waals surface area contributed by atoms with E-state index in [-0.39, 0.29) is 24.3 Å². The number of anilines is 1. The van der Waals surface area contributed by atoms with Gasteiger partial charge in [0.25, 0.3) is 0 Å². The van der Waals surface area contributed by atoms with E-state index in [2.05, 4.69) is 21.5 Å². The molecule has 3 heterocycles. The quantitative estimate of drug-likeness (QED) is 0.205. The number of benzene rings is 1. The van der Waals surface area contributed by atoms with Crippen LogP contribution in [0.5, 0.6) is 5.75 Å². The number of rotatable bonds is 6. The van der Waals surface area contributed by atoms with Crippen LogP contribution < -0.4 is 15.8 Å². The third-order valence-corrected chi connectivity index (χ3v) is 5.55. The van der Waals surface area contributed by atoms with E-state index in [1.165, 1.54) is 5.57 Å². The Labute approximate surface area is 191 Å². The van der Waals surface area contributed by atoms with Gasteiger partial charge in [0.2, 0.25) is 11.8 Å². The van der Waals surface area contributed by atoms with Gasteiger partial charge in [0, 0.05) is 31.8 Å². The number of amidine groups is 1. The first-order valence-corrected chi connectivity index (χ1v) is 10.7. The molecule has 33 heavy (non-hydrogen) atoms. The lowest BCUT2D eigenvalue weighted by Crippen LogP contribution is -2.33. The summed E-state index contributed by atoms with van der Waals surface area (Å²) in [4.78, 5) is 30.1. The molecule has 0 saturated heterocycles. The topological polar surface area (TPSA) is 130 Å². The number of carbonyl (C=O) groups is 2. The second kappa shape index (κ2) is 9.99. The fourth-order valence-electron chi connectivity index (χ4n) is 3.72. The summed E-state index contributed by atoms with van der Waals surface area (Å²) in [5.74, 6) is 1.16. The molecule has 0 bridgehead atoms. The molecule has 9 nitrogen and oxygen atoms in total. The highest BCUT2D eigenvalue weighted by Crippen LogP contribution is 2.25. The normalized spacial score (nSPS) is 16.2. The highest BCUT2D eigenvalue weighted by molar-refractivity contribution is 5.94. The fraction of sp³-hybridized carbons (Fsp3) is 0.250. The van der Waals surface area contributed by atoms with E-state index in [0.717, 1.165) is 23.1 Å². The fourth-order valence-corrected chi connectivity index (χ4v) is 3.72. The molecule has 2 aliphatic heterocycles. The van der Waals surface area contributed by atoms with Gasteiger partial charge in [-0.2, -0.15) is 0 Å². The molecule has 2 amide bonds. The minimum absolute atomic E-state index is 0.00394. The van der Waals surface area contributed by atoms with Gasteiger partial charge in [-0.1, -0.05) is 23.4 Å². The zero-order chi connectivity index (χ0) is 23.2. The van der Waals surface area contributed by atoms with Crippen LogP contribution in [-0.4, -0.2) is 52.4 Å². The molecular formula is C24H25N5O4. The zero-order valence-corrected chi connectivity index (χ0v) is 18.0. The lowest BCUT2D eigenvalue weighted by Gasteiger charge is -2.25. The van der Waals surface area contributed by atoms with Crippen molar-refractivity contribution in [2.75, 3.05) is 25.0 Å². The standard InChI is InChI=1S/C24H25N5O4/c25-21(28-32)15-33-20-5-2-17(3-6-20)18-9-11-29(12-10-18)23(31)8-1-16-13-19-4-7-22(30)27-24(19)26-14-16/h1-3,5-6,8-9,13-14,32H,4,7,10-12,15H2,(H2,25,28)(H,26,27,30)/b8-1+. The monoisotopic (exact) mass is 447 g/mol. The van der Waals surface area contributed by atoms with Crippen molar-refractivity contribution in [1.82, 2.24) is 9.88 Å². The number of hydrogen-bond donors (Lipinski definition) is 3. The first-order valence-electron chi connectivity index (χ1n) is 10.7. The molecule has 1 aromatic heterocycles. The van der Waals surface area contributed by atoms with Crippen molar-refractivity contribution in [2.45, 2.75) is 19.3 Å². The van der Waals surface area contributed by atoms with Crippen LogP contribution in [0, 0.1) is 0 Å². The number of pyridine rings is 1. The molecule has 0 aliphatic carbocycles. The van der Waals surface area contributed by atoms with E-state index in [4.69, 9.17) is 15.7 Å². The second-order valence-electron chi connectivity index (χ2n) is 7.83. The third kappa shape index (κ3) is 5.57. The molecule has 0 spiro atoms. The molecule has 4 rings (SSSR count). The van der Waals surface area contributed by atoms with Crippen LogP contribution in [0.25, 0.3) is 11.6 Å². The van der Waals surface area contributed by atoms with Gasteiger partial charge in [0.1, 0.15) is 18.2 Å². The average molecular weight is 447 g/mol. The average Bonchev–Trinajstić information content (AvgIpc) is 2.86. The molecule has 2 aliphatic rings. The first kappa shape index (κ1) is 22.1. The number of fused-ring (bicyclic) bond motifs is 1. The zero-order valence-electron chi connectivity index (χ0n) is 18.0. The Bertz CT molecular complexity index is 1140. The summed E-state index contributed by atoms with van der Waals surface area (Å²) in [5, 5.41) is 14.2. The highest BCUT2D eigenvalue weighted by Gasteiger charge is 2.17. The largest absolute Gasteiger partial charge is 0.486 e. The van der Waals surface area contributed by atoms with Gasteiger partial charge in [-0.25, -0.2) is 4.98 Å². The molecule has 0 radical (unpaired) electrons. The van der Waals surface area contributed by atoms with Gasteiger partial charge in [0.15, 0.2) is 5.84 Å². The summed E-state index contributed by atoms with van der Waals surface area (Å²) >= 11 is 0. The van der Waals surface area contributed by atoms with Gasteiger partial charge >= 0.3 is 0 Å².